The number of aromatic nitrogens is 3. The van der Waals surface area contributed by atoms with Crippen molar-refractivity contribution in [3.63, 3.8) is 0 Å². The molecular formula is C29H30Cl2N4O3S. The Morgan fingerprint density at radius 2 is 1.72 bits per heavy atom. The van der Waals surface area contributed by atoms with Gasteiger partial charge < -0.3 is 14.8 Å². The Kier molecular flexibility index (Phi) is 10.5. The van der Waals surface area contributed by atoms with Crippen LogP contribution in [0.1, 0.15) is 24.8 Å². The summed E-state index contributed by atoms with van der Waals surface area (Å²) in [7, 11) is 3.22. The zero-order valence-corrected chi connectivity index (χ0v) is 24.2. The molecule has 0 radical (unpaired) electrons. The maximum Gasteiger partial charge on any atom is 0.220 e. The van der Waals surface area contributed by atoms with Crippen molar-refractivity contribution in [1.82, 2.24) is 20.1 Å². The lowest BCUT2D eigenvalue weighted by molar-refractivity contribution is -0.121. The Labute approximate surface area is 242 Å². The van der Waals surface area contributed by atoms with Crippen molar-refractivity contribution in [2.45, 2.75) is 30.8 Å². The molecule has 0 bridgehead atoms. The Bertz CT molecular complexity index is 1400. The molecule has 1 N–H and O–H groups in total. The molecule has 0 aliphatic heterocycles. The van der Waals surface area contributed by atoms with Crippen LogP contribution in [0.15, 0.2) is 71.9 Å². The van der Waals surface area contributed by atoms with Crippen molar-refractivity contribution in [3.8, 4) is 28.6 Å². The summed E-state index contributed by atoms with van der Waals surface area (Å²) in [6.07, 6.45) is 2.83. The van der Waals surface area contributed by atoms with E-state index >= 15 is 0 Å². The number of hydrogen-bond acceptors (Lipinski definition) is 6. The van der Waals surface area contributed by atoms with Gasteiger partial charge in [0.05, 0.1) is 30.0 Å². The number of nitrogens with one attached hydrogen (secondary N) is 1. The van der Waals surface area contributed by atoms with E-state index in [9.17, 15) is 4.79 Å². The van der Waals surface area contributed by atoms with Gasteiger partial charge in [-0.1, -0.05) is 71.4 Å². The molecule has 39 heavy (non-hydrogen) atoms. The smallest absolute Gasteiger partial charge is 0.220 e. The highest BCUT2D eigenvalue weighted by molar-refractivity contribution is 7.99. The van der Waals surface area contributed by atoms with Gasteiger partial charge in [0.25, 0.3) is 0 Å². The largest absolute Gasteiger partial charge is 0.493 e. The molecule has 0 aliphatic carbocycles. The topological polar surface area (TPSA) is 78.3 Å². The third-order valence-electron chi connectivity index (χ3n) is 6.04. The second-order valence-electron chi connectivity index (χ2n) is 8.70. The zero-order chi connectivity index (χ0) is 27.6. The van der Waals surface area contributed by atoms with Gasteiger partial charge >= 0.3 is 0 Å². The van der Waals surface area contributed by atoms with Gasteiger partial charge in [0.2, 0.25) is 5.91 Å². The number of amides is 1. The molecule has 1 aromatic heterocycles. The molecule has 1 amide bonds. The average Bonchev–Trinajstić information content (AvgIpc) is 3.38. The van der Waals surface area contributed by atoms with Crippen LogP contribution in [0, 0.1) is 0 Å². The van der Waals surface area contributed by atoms with Crippen LogP contribution < -0.4 is 14.8 Å². The molecule has 0 aliphatic rings. The SMILES string of the molecule is COc1ccc(CCNC(=O)CCCCSc2nnc(-c3ccccc3)n2-c2ccc(Cl)c(Cl)c2)cc1OC. The molecule has 3 aromatic carbocycles. The van der Waals surface area contributed by atoms with E-state index in [1.54, 1.807) is 32.0 Å². The van der Waals surface area contributed by atoms with E-state index in [2.05, 4.69) is 15.5 Å². The molecule has 0 saturated heterocycles. The van der Waals surface area contributed by atoms with Gasteiger partial charge in [-0.15, -0.1) is 10.2 Å². The van der Waals surface area contributed by atoms with E-state index in [4.69, 9.17) is 32.7 Å². The highest BCUT2D eigenvalue weighted by Gasteiger charge is 2.17. The summed E-state index contributed by atoms with van der Waals surface area (Å²) in [6.45, 7) is 0.568. The first-order valence-electron chi connectivity index (χ1n) is 12.6. The van der Waals surface area contributed by atoms with Gasteiger partial charge in [-0.05, 0) is 55.2 Å². The standard InChI is InChI=1S/C29H30Cl2N4O3S/c1-37-25-14-11-20(18-26(25)38-2)15-16-32-27(36)10-6-7-17-39-29-34-33-28(21-8-4-3-5-9-21)35(29)22-12-13-23(30)24(31)19-22/h3-5,8-9,11-14,18-19H,6-7,10,15-17H2,1-2H3,(H,32,36). The van der Waals surface area contributed by atoms with Crippen LogP contribution in [0.25, 0.3) is 17.1 Å². The third-order valence-corrected chi connectivity index (χ3v) is 7.79. The number of hydrogen-bond donors (Lipinski definition) is 1. The summed E-state index contributed by atoms with van der Waals surface area (Å²) < 4.78 is 12.6. The van der Waals surface area contributed by atoms with Crippen LogP contribution in [0.3, 0.4) is 0 Å². The molecular weight excluding hydrogens is 555 g/mol. The predicted octanol–water partition coefficient (Wildman–Crippen LogP) is 6.88. The normalized spacial score (nSPS) is 10.9. The lowest BCUT2D eigenvalue weighted by Gasteiger charge is -2.11. The highest BCUT2D eigenvalue weighted by Crippen LogP contribution is 2.32. The fourth-order valence-electron chi connectivity index (χ4n) is 4.02. The monoisotopic (exact) mass is 584 g/mol. The van der Waals surface area contributed by atoms with E-state index in [1.165, 1.54) is 0 Å². The number of rotatable bonds is 13. The van der Waals surface area contributed by atoms with Crippen LogP contribution in [-0.4, -0.2) is 47.2 Å². The molecule has 10 heteroatoms. The minimum absolute atomic E-state index is 0.0470. The van der Waals surface area contributed by atoms with Gasteiger partial charge in [0, 0.05) is 24.3 Å². The minimum atomic E-state index is 0.0470. The Morgan fingerprint density at radius 3 is 2.46 bits per heavy atom. The lowest BCUT2D eigenvalue weighted by Crippen LogP contribution is -2.25. The van der Waals surface area contributed by atoms with Gasteiger partial charge in [-0.25, -0.2) is 0 Å². The minimum Gasteiger partial charge on any atom is -0.493 e. The number of carbonyl (C=O) groups is 1. The summed E-state index contributed by atoms with van der Waals surface area (Å²) in [4.78, 5) is 12.3. The van der Waals surface area contributed by atoms with Crippen LogP contribution in [0.5, 0.6) is 11.5 Å². The third kappa shape index (κ3) is 7.68. The van der Waals surface area contributed by atoms with Crippen molar-refractivity contribution in [2.75, 3.05) is 26.5 Å². The molecule has 0 spiro atoms. The molecule has 0 fully saturated rings. The summed E-state index contributed by atoms with van der Waals surface area (Å²) >= 11 is 14.1. The number of nitrogens with zero attached hydrogens (tertiary/aromatic N) is 3. The number of halogens is 2. The van der Waals surface area contributed by atoms with Crippen molar-refractivity contribution >= 4 is 40.9 Å². The van der Waals surface area contributed by atoms with Crippen LogP contribution >= 0.6 is 35.0 Å². The number of carbonyl (C=O) groups excluding carboxylic acids is 1. The van der Waals surface area contributed by atoms with E-state index in [-0.39, 0.29) is 5.91 Å². The number of thioether (sulfide) groups is 1. The summed E-state index contributed by atoms with van der Waals surface area (Å²) in [6, 6.07) is 21.2. The van der Waals surface area contributed by atoms with E-state index < -0.39 is 0 Å². The van der Waals surface area contributed by atoms with E-state index in [1.807, 2.05) is 65.2 Å². The predicted molar refractivity (Wildman–Crippen MR) is 158 cm³/mol. The van der Waals surface area contributed by atoms with Gasteiger partial charge in [-0.2, -0.15) is 0 Å². The van der Waals surface area contributed by atoms with Crippen LogP contribution in [0.2, 0.25) is 10.0 Å². The van der Waals surface area contributed by atoms with Crippen molar-refractivity contribution < 1.29 is 14.3 Å². The molecule has 4 rings (SSSR count). The maximum absolute atomic E-state index is 12.3. The van der Waals surface area contributed by atoms with Crippen molar-refractivity contribution in [1.29, 1.82) is 0 Å². The van der Waals surface area contributed by atoms with Gasteiger partial charge in [0.1, 0.15) is 0 Å². The van der Waals surface area contributed by atoms with Gasteiger partial charge in [-0.3, -0.25) is 9.36 Å². The Balaban J connectivity index is 1.28. The Morgan fingerprint density at radius 1 is 0.923 bits per heavy atom. The fraction of sp³-hybridized carbons (Fsp3) is 0.276. The lowest BCUT2D eigenvalue weighted by atomic mass is 10.1. The number of ether oxygens (including phenoxy) is 2. The first kappa shape index (κ1) is 28.8. The van der Waals surface area contributed by atoms with Crippen LogP contribution in [0.4, 0.5) is 0 Å². The zero-order valence-electron chi connectivity index (χ0n) is 21.8. The second-order valence-corrected chi connectivity index (χ2v) is 10.6. The van der Waals surface area contributed by atoms with Gasteiger partial charge in [0.15, 0.2) is 22.5 Å². The van der Waals surface area contributed by atoms with Crippen LogP contribution in [-0.2, 0) is 11.2 Å². The molecule has 0 unspecified atom stereocenters. The Hall–Kier alpha value is -3.20. The average molecular weight is 586 g/mol. The summed E-state index contributed by atoms with van der Waals surface area (Å²) in [5, 5.41) is 13.6. The number of methoxy groups -OCH3 is 2. The fourth-order valence-corrected chi connectivity index (χ4v) is 5.26. The molecule has 0 saturated carbocycles. The molecule has 204 valence electrons. The summed E-state index contributed by atoms with van der Waals surface area (Å²) in [5.74, 6) is 2.95. The molecule has 1 heterocycles. The summed E-state index contributed by atoms with van der Waals surface area (Å²) in [5.41, 5.74) is 2.86. The molecule has 4 aromatic rings. The van der Waals surface area contributed by atoms with Crippen molar-refractivity contribution in [3.05, 3.63) is 82.3 Å². The van der Waals surface area contributed by atoms with E-state index in [0.29, 0.717) is 34.5 Å². The maximum atomic E-state index is 12.3. The number of benzene rings is 3. The van der Waals surface area contributed by atoms with Crippen molar-refractivity contribution in [2.24, 2.45) is 0 Å². The molecule has 0 atom stereocenters. The molecule has 7 nitrogen and oxygen atoms in total. The quantitative estimate of drug-likeness (QED) is 0.136. The second kappa shape index (κ2) is 14.3. The highest BCUT2D eigenvalue weighted by atomic mass is 35.5. The first-order chi connectivity index (χ1) is 19.0. The first-order valence-corrected chi connectivity index (χ1v) is 14.3. The number of unbranched alkanes of at least 4 members (excludes halogenated alkanes) is 1. The van der Waals surface area contributed by atoms with E-state index in [0.717, 1.165) is 52.8 Å².